The Labute approximate surface area is 95.6 Å². The van der Waals surface area contributed by atoms with Gasteiger partial charge in [0.1, 0.15) is 0 Å². The Morgan fingerprint density at radius 3 is 2.50 bits per heavy atom. The first-order valence-corrected chi connectivity index (χ1v) is 5.35. The van der Waals surface area contributed by atoms with Crippen molar-refractivity contribution < 1.29 is 5.11 Å². The Bertz CT molecular complexity index is 437. The van der Waals surface area contributed by atoms with Crippen molar-refractivity contribution in [3.05, 3.63) is 66.0 Å². The molecular weight excluding hydrogens is 198 g/mol. The van der Waals surface area contributed by atoms with Crippen molar-refractivity contribution in [3.63, 3.8) is 0 Å². The summed E-state index contributed by atoms with van der Waals surface area (Å²) < 4.78 is 0. The Kier molecular flexibility index (Phi) is 3.02. The molecule has 0 fully saturated rings. The summed E-state index contributed by atoms with van der Waals surface area (Å²) in [6.07, 6.45) is 4.02. The fourth-order valence-corrected chi connectivity index (χ4v) is 1.78. The third kappa shape index (κ3) is 2.47. The molecule has 1 aromatic heterocycles. The first kappa shape index (κ1) is 10.8. The molecular formula is C14H15NO. The van der Waals surface area contributed by atoms with Gasteiger partial charge in [0.15, 0.2) is 0 Å². The molecule has 0 aliphatic heterocycles. The van der Waals surface area contributed by atoms with Gasteiger partial charge in [0, 0.05) is 24.4 Å². The summed E-state index contributed by atoms with van der Waals surface area (Å²) in [7, 11) is 0. The van der Waals surface area contributed by atoms with Gasteiger partial charge in [-0.1, -0.05) is 36.4 Å². The van der Waals surface area contributed by atoms with Gasteiger partial charge < -0.3 is 5.11 Å². The van der Waals surface area contributed by atoms with Crippen molar-refractivity contribution in [3.8, 4) is 0 Å². The Balaban J connectivity index is 2.21. The second-order valence-corrected chi connectivity index (χ2v) is 4.18. The predicted octanol–water partition coefficient (Wildman–Crippen LogP) is 2.53. The normalized spacial score (nSPS) is 14.4. The van der Waals surface area contributed by atoms with E-state index in [1.165, 1.54) is 0 Å². The minimum absolute atomic E-state index is 0.597. The van der Waals surface area contributed by atoms with Crippen LogP contribution in [0.25, 0.3) is 0 Å². The lowest BCUT2D eigenvalue weighted by atomic mass is 9.90. The molecule has 1 aromatic carbocycles. The number of nitrogens with zero attached hydrogens (tertiary/aromatic N) is 1. The van der Waals surface area contributed by atoms with Crippen molar-refractivity contribution in [2.75, 3.05) is 0 Å². The van der Waals surface area contributed by atoms with E-state index in [0.29, 0.717) is 6.42 Å². The lowest BCUT2D eigenvalue weighted by molar-refractivity contribution is 0.0573. The van der Waals surface area contributed by atoms with E-state index in [1.807, 2.05) is 49.4 Å². The summed E-state index contributed by atoms with van der Waals surface area (Å²) >= 11 is 0. The third-order valence-electron chi connectivity index (χ3n) is 2.67. The predicted molar refractivity (Wildman–Crippen MR) is 64.0 cm³/mol. The summed E-state index contributed by atoms with van der Waals surface area (Å²) in [5.74, 6) is 0. The minimum atomic E-state index is -0.865. The molecule has 0 saturated carbocycles. The van der Waals surface area contributed by atoms with Crippen molar-refractivity contribution in [2.24, 2.45) is 0 Å². The van der Waals surface area contributed by atoms with E-state index in [-0.39, 0.29) is 0 Å². The molecule has 0 bridgehead atoms. The van der Waals surface area contributed by atoms with Crippen LogP contribution in [-0.2, 0) is 12.0 Å². The molecule has 0 aliphatic carbocycles. The number of aliphatic hydroxyl groups is 1. The zero-order valence-electron chi connectivity index (χ0n) is 9.30. The molecule has 0 aliphatic rings. The highest BCUT2D eigenvalue weighted by molar-refractivity contribution is 5.23. The molecule has 2 aromatic rings. The average molecular weight is 213 g/mol. The highest BCUT2D eigenvalue weighted by Gasteiger charge is 2.23. The molecule has 2 heteroatoms. The van der Waals surface area contributed by atoms with E-state index in [0.717, 1.165) is 11.1 Å². The molecule has 0 amide bonds. The number of rotatable bonds is 3. The van der Waals surface area contributed by atoms with E-state index < -0.39 is 5.60 Å². The largest absolute Gasteiger partial charge is 0.385 e. The lowest BCUT2D eigenvalue weighted by Gasteiger charge is -2.23. The van der Waals surface area contributed by atoms with E-state index >= 15 is 0 Å². The van der Waals surface area contributed by atoms with Gasteiger partial charge in [-0.3, -0.25) is 4.98 Å². The van der Waals surface area contributed by atoms with Gasteiger partial charge in [-0.25, -0.2) is 0 Å². The topological polar surface area (TPSA) is 33.1 Å². The van der Waals surface area contributed by atoms with Gasteiger partial charge in [-0.15, -0.1) is 0 Å². The fraction of sp³-hybridized carbons (Fsp3) is 0.214. The maximum absolute atomic E-state index is 10.4. The van der Waals surface area contributed by atoms with Gasteiger partial charge >= 0.3 is 0 Å². The molecule has 0 radical (unpaired) electrons. The third-order valence-corrected chi connectivity index (χ3v) is 2.67. The van der Waals surface area contributed by atoms with Gasteiger partial charge in [-0.05, 0) is 18.6 Å². The number of pyridine rings is 1. The van der Waals surface area contributed by atoms with Crippen LogP contribution in [0.3, 0.4) is 0 Å². The Morgan fingerprint density at radius 2 is 1.88 bits per heavy atom. The summed E-state index contributed by atoms with van der Waals surface area (Å²) in [4.78, 5) is 4.03. The van der Waals surface area contributed by atoms with Crippen molar-refractivity contribution in [2.45, 2.75) is 18.9 Å². The van der Waals surface area contributed by atoms with Crippen LogP contribution in [0.4, 0.5) is 0 Å². The SMILES string of the molecule is C[C@@](O)(Cc1ccccc1)c1cccnc1. The van der Waals surface area contributed by atoms with Gasteiger partial charge in [0.05, 0.1) is 5.60 Å². The van der Waals surface area contributed by atoms with Crippen molar-refractivity contribution in [1.29, 1.82) is 0 Å². The van der Waals surface area contributed by atoms with Crippen LogP contribution in [0.5, 0.6) is 0 Å². The van der Waals surface area contributed by atoms with E-state index in [1.54, 1.807) is 12.4 Å². The van der Waals surface area contributed by atoms with Gasteiger partial charge in [-0.2, -0.15) is 0 Å². The lowest BCUT2D eigenvalue weighted by Crippen LogP contribution is -2.24. The van der Waals surface area contributed by atoms with Crippen LogP contribution in [0.1, 0.15) is 18.1 Å². The first-order chi connectivity index (χ1) is 7.68. The Morgan fingerprint density at radius 1 is 1.12 bits per heavy atom. The van der Waals surface area contributed by atoms with Crippen LogP contribution in [0.2, 0.25) is 0 Å². The minimum Gasteiger partial charge on any atom is -0.385 e. The summed E-state index contributed by atoms with van der Waals surface area (Å²) in [6.45, 7) is 1.82. The summed E-state index contributed by atoms with van der Waals surface area (Å²) in [5.41, 5.74) is 1.10. The fourth-order valence-electron chi connectivity index (χ4n) is 1.78. The molecule has 0 unspecified atom stereocenters. The van der Waals surface area contributed by atoms with Gasteiger partial charge in [0.25, 0.3) is 0 Å². The zero-order valence-corrected chi connectivity index (χ0v) is 9.30. The number of aromatic nitrogens is 1. The molecule has 0 spiro atoms. The second kappa shape index (κ2) is 4.45. The van der Waals surface area contributed by atoms with Crippen LogP contribution in [0, 0.1) is 0 Å². The smallest absolute Gasteiger partial charge is 0.0923 e. The molecule has 16 heavy (non-hydrogen) atoms. The molecule has 2 nitrogen and oxygen atoms in total. The first-order valence-electron chi connectivity index (χ1n) is 5.35. The number of benzene rings is 1. The highest BCUT2D eigenvalue weighted by atomic mass is 16.3. The quantitative estimate of drug-likeness (QED) is 0.850. The zero-order chi connectivity index (χ0) is 11.4. The van der Waals surface area contributed by atoms with Gasteiger partial charge in [0.2, 0.25) is 0 Å². The van der Waals surface area contributed by atoms with E-state index in [2.05, 4.69) is 4.98 Å². The average Bonchev–Trinajstić information content (AvgIpc) is 2.31. The van der Waals surface area contributed by atoms with Crippen LogP contribution >= 0.6 is 0 Å². The van der Waals surface area contributed by atoms with Crippen LogP contribution in [-0.4, -0.2) is 10.1 Å². The molecule has 2 rings (SSSR count). The maximum Gasteiger partial charge on any atom is 0.0923 e. The van der Waals surface area contributed by atoms with E-state index in [9.17, 15) is 5.11 Å². The maximum atomic E-state index is 10.4. The number of hydrogen-bond acceptors (Lipinski definition) is 2. The van der Waals surface area contributed by atoms with Crippen LogP contribution < -0.4 is 0 Å². The molecule has 1 heterocycles. The molecule has 1 atom stereocenters. The standard InChI is InChI=1S/C14H15NO/c1-14(16,13-8-5-9-15-11-13)10-12-6-3-2-4-7-12/h2-9,11,16H,10H2,1H3/t14-/m1/s1. The van der Waals surface area contributed by atoms with E-state index in [4.69, 9.17) is 0 Å². The molecule has 0 saturated heterocycles. The van der Waals surface area contributed by atoms with Crippen molar-refractivity contribution in [1.82, 2.24) is 4.98 Å². The monoisotopic (exact) mass is 213 g/mol. The summed E-state index contributed by atoms with van der Waals surface area (Å²) in [6, 6.07) is 13.7. The molecule has 1 N–H and O–H groups in total. The second-order valence-electron chi connectivity index (χ2n) is 4.18. The van der Waals surface area contributed by atoms with Crippen LogP contribution in [0.15, 0.2) is 54.9 Å². The number of hydrogen-bond donors (Lipinski definition) is 1. The molecule has 82 valence electrons. The highest BCUT2D eigenvalue weighted by Crippen LogP contribution is 2.24. The van der Waals surface area contributed by atoms with Crippen molar-refractivity contribution >= 4 is 0 Å². The summed E-state index contributed by atoms with van der Waals surface area (Å²) in [5, 5.41) is 10.4. The Hall–Kier alpha value is -1.67.